The molecule has 1 saturated carbocycles. The van der Waals surface area contributed by atoms with Crippen LogP contribution in [-0.4, -0.2) is 29.2 Å². The molecule has 1 aromatic carbocycles. The van der Waals surface area contributed by atoms with E-state index in [9.17, 15) is 14.4 Å². The number of hydrogen-bond acceptors (Lipinski definition) is 3. The Balaban J connectivity index is 1.58. The van der Waals surface area contributed by atoms with Gasteiger partial charge in [-0.05, 0) is 30.9 Å². The Morgan fingerprint density at radius 3 is 2.38 bits per heavy atom. The quantitative estimate of drug-likeness (QED) is 0.845. The number of amides is 3. The highest BCUT2D eigenvalue weighted by Crippen LogP contribution is 2.37. The number of carbonyl (C=O) groups is 3. The second-order valence-electron chi connectivity index (χ2n) is 6.63. The molecule has 2 fully saturated rings. The molecule has 0 bridgehead atoms. The van der Waals surface area contributed by atoms with E-state index < -0.39 is 0 Å². The molecule has 5 nitrogen and oxygen atoms in total. The van der Waals surface area contributed by atoms with Crippen LogP contribution < -0.4 is 5.32 Å². The molecule has 3 rings (SSSR count). The van der Waals surface area contributed by atoms with Crippen LogP contribution in [0.4, 0.5) is 5.69 Å². The standard InChI is InChI=1S/C19H24N2O3/c1-2-13-7-3-6-10-16(13)20-17(22)11-12-21-18(23)14-8-4-5-9-15(14)19(21)24/h3,6-7,10,14-15H,2,4-5,8-9,11-12H2,1H3,(H,20,22)/t14-,15-/m0/s1. The number of nitrogens with zero attached hydrogens (tertiary/aromatic N) is 1. The average Bonchev–Trinajstić information content (AvgIpc) is 2.85. The zero-order chi connectivity index (χ0) is 17.1. The number of para-hydroxylation sites is 1. The molecule has 24 heavy (non-hydrogen) atoms. The fraction of sp³-hybridized carbons (Fsp3) is 0.526. The van der Waals surface area contributed by atoms with Crippen molar-refractivity contribution < 1.29 is 14.4 Å². The van der Waals surface area contributed by atoms with Crippen molar-refractivity contribution in [3.05, 3.63) is 29.8 Å². The van der Waals surface area contributed by atoms with Crippen molar-refractivity contribution in [1.82, 2.24) is 4.90 Å². The smallest absolute Gasteiger partial charge is 0.233 e. The van der Waals surface area contributed by atoms with Crippen LogP contribution in [0, 0.1) is 11.8 Å². The van der Waals surface area contributed by atoms with E-state index in [1.54, 1.807) is 0 Å². The first-order valence-corrected chi connectivity index (χ1v) is 8.84. The molecule has 128 valence electrons. The van der Waals surface area contributed by atoms with Gasteiger partial charge in [0.15, 0.2) is 0 Å². The van der Waals surface area contributed by atoms with Crippen molar-refractivity contribution in [2.24, 2.45) is 11.8 Å². The second kappa shape index (κ2) is 7.16. The summed E-state index contributed by atoms with van der Waals surface area (Å²) in [7, 11) is 0. The zero-order valence-electron chi connectivity index (χ0n) is 14.1. The zero-order valence-corrected chi connectivity index (χ0v) is 14.1. The SMILES string of the molecule is CCc1ccccc1NC(=O)CCN1C(=O)[C@H]2CCCC[C@@H]2C1=O. The summed E-state index contributed by atoms with van der Waals surface area (Å²) in [6.07, 6.45) is 4.63. The summed E-state index contributed by atoms with van der Waals surface area (Å²) in [4.78, 5) is 38.3. The third-order valence-corrected chi connectivity index (χ3v) is 5.17. The summed E-state index contributed by atoms with van der Waals surface area (Å²) in [6, 6.07) is 7.68. The van der Waals surface area contributed by atoms with E-state index in [4.69, 9.17) is 0 Å². The van der Waals surface area contributed by atoms with E-state index in [0.717, 1.165) is 43.4 Å². The van der Waals surface area contributed by atoms with Crippen LogP contribution in [0.2, 0.25) is 0 Å². The van der Waals surface area contributed by atoms with Gasteiger partial charge in [-0.15, -0.1) is 0 Å². The first kappa shape index (κ1) is 16.7. The molecular weight excluding hydrogens is 304 g/mol. The maximum Gasteiger partial charge on any atom is 0.233 e. The van der Waals surface area contributed by atoms with Gasteiger partial charge >= 0.3 is 0 Å². The lowest BCUT2D eigenvalue weighted by atomic mass is 9.81. The molecule has 0 unspecified atom stereocenters. The molecular formula is C19H24N2O3. The number of nitrogens with one attached hydrogen (secondary N) is 1. The largest absolute Gasteiger partial charge is 0.326 e. The van der Waals surface area contributed by atoms with E-state index in [1.165, 1.54) is 4.90 Å². The third kappa shape index (κ3) is 3.21. The van der Waals surface area contributed by atoms with Crippen LogP contribution in [-0.2, 0) is 20.8 Å². The van der Waals surface area contributed by atoms with Gasteiger partial charge in [0, 0.05) is 18.7 Å². The number of benzene rings is 1. The van der Waals surface area contributed by atoms with Crippen LogP contribution in [0.25, 0.3) is 0 Å². The minimum atomic E-state index is -0.161. The molecule has 1 aromatic rings. The minimum Gasteiger partial charge on any atom is -0.326 e. The Kier molecular flexibility index (Phi) is 4.97. The van der Waals surface area contributed by atoms with Gasteiger partial charge in [-0.2, -0.15) is 0 Å². The lowest BCUT2D eigenvalue weighted by Crippen LogP contribution is -2.34. The molecule has 2 aliphatic rings. The number of imide groups is 1. The maximum atomic E-state index is 12.4. The highest BCUT2D eigenvalue weighted by molar-refractivity contribution is 6.05. The van der Waals surface area contributed by atoms with Gasteiger partial charge in [-0.25, -0.2) is 0 Å². The topological polar surface area (TPSA) is 66.5 Å². The van der Waals surface area contributed by atoms with E-state index in [1.807, 2.05) is 31.2 Å². The van der Waals surface area contributed by atoms with Gasteiger partial charge in [0.25, 0.3) is 0 Å². The van der Waals surface area contributed by atoms with Gasteiger partial charge in [-0.3, -0.25) is 19.3 Å². The van der Waals surface area contributed by atoms with Crippen molar-refractivity contribution in [1.29, 1.82) is 0 Å². The van der Waals surface area contributed by atoms with Gasteiger partial charge in [-0.1, -0.05) is 38.0 Å². The summed E-state index contributed by atoms with van der Waals surface area (Å²) >= 11 is 0. The number of hydrogen-bond donors (Lipinski definition) is 1. The minimum absolute atomic E-state index is 0.0774. The number of carbonyl (C=O) groups excluding carboxylic acids is 3. The summed E-state index contributed by atoms with van der Waals surface area (Å²) in [6.45, 7) is 2.22. The van der Waals surface area contributed by atoms with Gasteiger partial charge in [0.1, 0.15) is 0 Å². The predicted octanol–water partition coefficient (Wildman–Crippen LogP) is 2.75. The van der Waals surface area contributed by atoms with Crippen LogP contribution in [0.15, 0.2) is 24.3 Å². The number of fused-ring (bicyclic) bond motifs is 1. The molecule has 5 heteroatoms. The first-order chi connectivity index (χ1) is 11.6. The average molecular weight is 328 g/mol. The summed E-state index contributed by atoms with van der Waals surface area (Å²) in [5.74, 6) is -0.602. The molecule has 1 N–H and O–H groups in total. The van der Waals surface area contributed by atoms with Crippen molar-refractivity contribution in [3.8, 4) is 0 Å². The van der Waals surface area contributed by atoms with Gasteiger partial charge in [0.05, 0.1) is 11.8 Å². The molecule has 1 aliphatic heterocycles. The Morgan fingerprint density at radius 1 is 1.12 bits per heavy atom. The van der Waals surface area contributed by atoms with Crippen LogP contribution >= 0.6 is 0 Å². The predicted molar refractivity (Wildman–Crippen MR) is 91.2 cm³/mol. The van der Waals surface area contributed by atoms with Crippen molar-refractivity contribution in [2.45, 2.75) is 45.4 Å². The summed E-state index contributed by atoms with van der Waals surface area (Å²) < 4.78 is 0. The molecule has 0 radical (unpaired) electrons. The van der Waals surface area contributed by atoms with Gasteiger partial charge in [0.2, 0.25) is 17.7 Å². The van der Waals surface area contributed by atoms with Crippen LogP contribution in [0.3, 0.4) is 0 Å². The van der Waals surface area contributed by atoms with Crippen molar-refractivity contribution in [2.75, 3.05) is 11.9 Å². The van der Waals surface area contributed by atoms with E-state index in [-0.39, 0.29) is 42.5 Å². The molecule has 1 saturated heterocycles. The van der Waals surface area contributed by atoms with Crippen LogP contribution in [0.5, 0.6) is 0 Å². The molecule has 1 heterocycles. The van der Waals surface area contributed by atoms with E-state index in [0.29, 0.717) is 0 Å². The first-order valence-electron chi connectivity index (χ1n) is 8.84. The van der Waals surface area contributed by atoms with E-state index in [2.05, 4.69) is 5.32 Å². The Labute approximate surface area is 142 Å². The molecule has 3 amide bonds. The Hall–Kier alpha value is -2.17. The van der Waals surface area contributed by atoms with Gasteiger partial charge < -0.3 is 5.32 Å². The normalized spacial score (nSPS) is 23.3. The summed E-state index contributed by atoms with van der Waals surface area (Å²) in [5.41, 5.74) is 1.88. The van der Waals surface area contributed by atoms with Crippen molar-refractivity contribution in [3.63, 3.8) is 0 Å². The highest BCUT2D eigenvalue weighted by atomic mass is 16.2. The molecule has 2 atom stereocenters. The third-order valence-electron chi connectivity index (χ3n) is 5.17. The second-order valence-corrected chi connectivity index (χ2v) is 6.63. The highest BCUT2D eigenvalue weighted by Gasteiger charge is 2.47. The van der Waals surface area contributed by atoms with E-state index >= 15 is 0 Å². The lowest BCUT2D eigenvalue weighted by Gasteiger charge is -2.19. The number of anilines is 1. The number of aryl methyl sites for hydroxylation is 1. The number of rotatable bonds is 5. The molecule has 0 spiro atoms. The number of likely N-dealkylation sites (tertiary alicyclic amines) is 1. The fourth-order valence-corrected chi connectivity index (χ4v) is 3.83. The van der Waals surface area contributed by atoms with Crippen molar-refractivity contribution >= 4 is 23.4 Å². The maximum absolute atomic E-state index is 12.4. The molecule has 1 aliphatic carbocycles. The Morgan fingerprint density at radius 2 is 1.75 bits per heavy atom. The fourth-order valence-electron chi connectivity index (χ4n) is 3.83. The lowest BCUT2D eigenvalue weighted by molar-refractivity contribution is -0.140. The summed E-state index contributed by atoms with van der Waals surface area (Å²) in [5, 5.41) is 2.89. The van der Waals surface area contributed by atoms with Crippen LogP contribution in [0.1, 0.15) is 44.6 Å². The Bertz CT molecular complexity index is 632. The monoisotopic (exact) mass is 328 g/mol. The molecule has 0 aromatic heterocycles.